The Morgan fingerprint density at radius 3 is 2.67 bits per heavy atom. The van der Waals surface area contributed by atoms with Crippen LogP contribution in [-0.4, -0.2) is 39.5 Å². The minimum absolute atomic E-state index is 0.172. The van der Waals surface area contributed by atoms with Gasteiger partial charge in [0.1, 0.15) is 5.82 Å². The van der Waals surface area contributed by atoms with Crippen molar-refractivity contribution < 1.29 is 8.81 Å². The number of nitrogens with zero attached hydrogens (tertiary/aromatic N) is 4. The number of halogens is 1. The van der Waals surface area contributed by atoms with Gasteiger partial charge in [0.05, 0.1) is 11.3 Å². The molecule has 0 aromatic carbocycles. The third-order valence-corrected chi connectivity index (χ3v) is 5.38. The second-order valence-corrected chi connectivity index (χ2v) is 8.11. The summed E-state index contributed by atoms with van der Waals surface area (Å²) in [5, 5.41) is 4.18. The number of aryl methyl sites for hydroxylation is 1. The molecule has 0 unspecified atom stereocenters. The minimum Gasteiger partial charge on any atom is -0.403 e. The molecule has 1 aliphatic rings. The van der Waals surface area contributed by atoms with Crippen LogP contribution in [0.3, 0.4) is 0 Å². The Kier molecular flexibility index (Phi) is 4.32. The van der Waals surface area contributed by atoms with Gasteiger partial charge in [0.25, 0.3) is 0 Å². The van der Waals surface area contributed by atoms with Gasteiger partial charge >= 0.3 is 5.63 Å². The van der Waals surface area contributed by atoms with E-state index >= 15 is 0 Å². The zero-order valence-electron chi connectivity index (χ0n) is 17.0. The van der Waals surface area contributed by atoms with Gasteiger partial charge in [-0.3, -0.25) is 0 Å². The maximum absolute atomic E-state index is 14.2. The highest BCUT2D eigenvalue weighted by Crippen LogP contribution is 2.24. The first-order valence-corrected chi connectivity index (χ1v) is 9.98. The molecule has 8 heteroatoms. The largest absolute Gasteiger partial charge is 0.403 e. The lowest BCUT2D eigenvalue weighted by atomic mass is 10.1. The zero-order valence-corrected chi connectivity index (χ0v) is 17.0. The molecule has 5 heterocycles. The van der Waals surface area contributed by atoms with Crippen molar-refractivity contribution in [1.29, 1.82) is 0 Å². The predicted molar refractivity (Wildman–Crippen MR) is 113 cm³/mol. The number of nitrogens with one attached hydrogen (secondary N) is 1. The number of fused-ring (bicyclic) bond motifs is 2. The Morgan fingerprint density at radius 1 is 1.13 bits per heavy atom. The van der Waals surface area contributed by atoms with Gasteiger partial charge in [-0.25, -0.2) is 14.2 Å². The lowest BCUT2D eigenvalue weighted by molar-refractivity contribution is 0.405. The van der Waals surface area contributed by atoms with Crippen molar-refractivity contribution in [2.45, 2.75) is 32.9 Å². The number of hydrogen-bond acceptors (Lipinski definition) is 6. The highest BCUT2D eigenvalue weighted by Gasteiger charge is 2.22. The lowest BCUT2D eigenvalue weighted by Crippen LogP contribution is -2.54. The fourth-order valence-corrected chi connectivity index (χ4v) is 4.18. The van der Waals surface area contributed by atoms with Crippen molar-refractivity contribution in [3.05, 3.63) is 58.5 Å². The van der Waals surface area contributed by atoms with Gasteiger partial charge < -0.3 is 19.0 Å². The van der Waals surface area contributed by atoms with Crippen LogP contribution in [-0.2, 0) is 0 Å². The van der Waals surface area contributed by atoms with E-state index in [0.717, 1.165) is 24.5 Å². The van der Waals surface area contributed by atoms with Crippen LogP contribution < -0.4 is 15.8 Å². The summed E-state index contributed by atoms with van der Waals surface area (Å²) < 4.78 is 21.3. The predicted octanol–water partition coefficient (Wildman–Crippen LogP) is 3.14. The normalized spacial score (nSPS) is 19.7. The van der Waals surface area contributed by atoms with Crippen molar-refractivity contribution in [2.75, 3.05) is 18.0 Å². The van der Waals surface area contributed by atoms with Gasteiger partial charge in [0.2, 0.25) is 5.71 Å². The highest BCUT2D eigenvalue weighted by molar-refractivity contribution is 5.80. The molecule has 0 amide bonds. The van der Waals surface area contributed by atoms with E-state index < -0.39 is 11.4 Å². The second kappa shape index (κ2) is 6.91. The summed E-state index contributed by atoms with van der Waals surface area (Å²) in [6.07, 6.45) is 3.40. The molecule has 4 aromatic heterocycles. The van der Waals surface area contributed by atoms with E-state index in [4.69, 9.17) is 4.42 Å². The number of aromatic nitrogens is 3. The van der Waals surface area contributed by atoms with Gasteiger partial charge in [-0.05, 0) is 50.6 Å². The third kappa shape index (κ3) is 3.23. The number of rotatable bonds is 2. The van der Waals surface area contributed by atoms with Crippen LogP contribution in [0.25, 0.3) is 28.0 Å². The molecule has 30 heavy (non-hydrogen) atoms. The molecular weight excluding hydrogens is 385 g/mol. The fourth-order valence-electron chi connectivity index (χ4n) is 4.18. The third-order valence-electron chi connectivity index (χ3n) is 5.38. The Morgan fingerprint density at radius 2 is 1.90 bits per heavy atom. The lowest BCUT2D eigenvalue weighted by Gasteiger charge is -2.36. The first-order chi connectivity index (χ1) is 14.4. The summed E-state index contributed by atoms with van der Waals surface area (Å²) in [5.41, 5.74) is 1.32. The van der Waals surface area contributed by atoms with E-state index in [0.29, 0.717) is 23.2 Å². The molecule has 0 saturated carbocycles. The summed E-state index contributed by atoms with van der Waals surface area (Å²) in [7, 11) is 0. The standard InChI is InChI=1S/C22H22FN5O2/c1-12-6-17(23)20-25-18(11-28(20)8-12)16-7-15-4-5-19(26-21(15)30-22(16)29)27-9-13(2)24-14(3)10-27/h4-8,11,13-14,24H,9-10H2,1-3H3/t13-,14+. The molecule has 2 atom stereocenters. The molecule has 4 aromatic rings. The molecule has 5 rings (SSSR count). The molecule has 154 valence electrons. The van der Waals surface area contributed by atoms with Crippen LogP contribution in [0.4, 0.5) is 10.2 Å². The number of anilines is 1. The van der Waals surface area contributed by atoms with Crippen LogP contribution in [0.5, 0.6) is 0 Å². The summed E-state index contributed by atoms with van der Waals surface area (Å²) in [4.78, 5) is 23.7. The van der Waals surface area contributed by atoms with Gasteiger partial charge in [0.15, 0.2) is 11.5 Å². The van der Waals surface area contributed by atoms with E-state index in [1.54, 1.807) is 29.8 Å². The van der Waals surface area contributed by atoms with Crippen molar-refractivity contribution in [2.24, 2.45) is 0 Å². The second-order valence-electron chi connectivity index (χ2n) is 8.11. The molecule has 0 radical (unpaired) electrons. The monoisotopic (exact) mass is 407 g/mol. The van der Waals surface area contributed by atoms with Crippen LogP contribution in [0.15, 0.2) is 45.9 Å². The first-order valence-electron chi connectivity index (χ1n) is 9.98. The van der Waals surface area contributed by atoms with E-state index in [9.17, 15) is 9.18 Å². The Hall–Kier alpha value is -3.26. The summed E-state index contributed by atoms with van der Waals surface area (Å²) in [6, 6.07) is 7.64. The number of pyridine rings is 2. The first kappa shape index (κ1) is 18.7. The zero-order chi connectivity index (χ0) is 21.0. The van der Waals surface area contributed by atoms with Crippen LogP contribution >= 0.6 is 0 Å². The Balaban J connectivity index is 1.56. The number of piperazine rings is 1. The molecule has 0 bridgehead atoms. The maximum atomic E-state index is 14.2. The molecule has 1 fully saturated rings. The van der Waals surface area contributed by atoms with Gasteiger partial charge in [-0.1, -0.05) is 0 Å². The summed E-state index contributed by atoms with van der Waals surface area (Å²) in [5.74, 6) is 0.348. The van der Waals surface area contributed by atoms with Crippen LogP contribution in [0.2, 0.25) is 0 Å². The molecule has 1 saturated heterocycles. The molecular formula is C22H22FN5O2. The maximum Gasteiger partial charge on any atom is 0.347 e. The molecule has 1 N–H and O–H groups in total. The van der Waals surface area contributed by atoms with Crippen LogP contribution in [0, 0.1) is 12.7 Å². The Bertz CT molecular complexity index is 1320. The molecule has 0 aliphatic carbocycles. The summed E-state index contributed by atoms with van der Waals surface area (Å²) in [6.45, 7) is 7.73. The molecule has 7 nitrogen and oxygen atoms in total. The molecule has 1 aliphatic heterocycles. The van der Waals surface area contributed by atoms with Gasteiger partial charge in [0, 0.05) is 43.0 Å². The van der Waals surface area contributed by atoms with Crippen molar-refractivity contribution in [3.63, 3.8) is 0 Å². The topological polar surface area (TPSA) is 75.7 Å². The number of hydrogen-bond donors (Lipinski definition) is 1. The van der Waals surface area contributed by atoms with Crippen molar-refractivity contribution in [1.82, 2.24) is 19.7 Å². The van der Waals surface area contributed by atoms with E-state index in [-0.39, 0.29) is 16.9 Å². The molecule has 0 spiro atoms. The van der Waals surface area contributed by atoms with Crippen molar-refractivity contribution >= 4 is 22.6 Å². The van der Waals surface area contributed by atoms with Gasteiger partial charge in [-0.2, -0.15) is 4.98 Å². The van der Waals surface area contributed by atoms with Gasteiger partial charge in [-0.15, -0.1) is 0 Å². The Labute approximate surface area is 172 Å². The average molecular weight is 407 g/mol. The van der Waals surface area contributed by atoms with Crippen molar-refractivity contribution in [3.8, 4) is 11.3 Å². The number of imidazole rings is 1. The van der Waals surface area contributed by atoms with Crippen LogP contribution in [0.1, 0.15) is 19.4 Å². The fraction of sp³-hybridized carbons (Fsp3) is 0.318. The smallest absolute Gasteiger partial charge is 0.347 e. The quantitative estimate of drug-likeness (QED) is 0.550. The van der Waals surface area contributed by atoms with E-state index in [1.165, 1.54) is 6.07 Å². The highest BCUT2D eigenvalue weighted by atomic mass is 19.1. The SMILES string of the molecule is Cc1cc(F)c2nc(-c3cc4ccc(N5C[C@@H](C)N[C@@H](C)C5)nc4oc3=O)cn2c1. The van der Waals surface area contributed by atoms with E-state index in [2.05, 4.69) is 34.0 Å². The average Bonchev–Trinajstić information content (AvgIpc) is 3.10. The minimum atomic E-state index is -0.547. The van der Waals surface area contributed by atoms with E-state index in [1.807, 2.05) is 12.1 Å². The summed E-state index contributed by atoms with van der Waals surface area (Å²) >= 11 is 0.